The van der Waals surface area contributed by atoms with E-state index in [0.29, 0.717) is 51.9 Å². The van der Waals surface area contributed by atoms with Gasteiger partial charge in [-0.2, -0.15) is 4.90 Å². The molecular weight excluding hydrogens is 638 g/mol. The number of ether oxygens (including phenoxy) is 3. The molecule has 0 saturated heterocycles. The van der Waals surface area contributed by atoms with Crippen LogP contribution in [0.25, 0.3) is 22.5 Å². The van der Waals surface area contributed by atoms with E-state index in [2.05, 4.69) is 25.0 Å². The summed E-state index contributed by atoms with van der Waals surface area (Å²) in [5.41, 5.74) is 0.998. The minimum absolute atomic E-state index is 0.198. The van der Waals surface area contributed by atoms with Crippen LogP contribution >= 0.6 is 11.6 Å². The number of rotatable bonds is 5. The Morgan fingerprint density at radius 1 is 0.917 bits per heavy atom. The molecule has 4 aromatic rings. The van der Waals surface area contributed by atoms with E-state index in [0.717, 1.165) is 16.0 Å². The number of carbonyl (C=O) groups is 3. The number of aliphatic hydroxyl groups is 1. The summed E-state index contributed by atoms with van der Waals surface area (Å²) in [6, 6.07) is 13.6. The number of H-pyrrole nitrogens is 1. The highest BCUT2D eigenvalue weighted by Crippen LogP contribution is 2.43. The van der Waals surface area contributed by atoms with Crippen molar-refractivity contribution in [3.63, 3.8) is 0 Å². The van der Waals surface area contributed by atoms with Crippen molar-refractivity contribution in [2.24, 2.45) is 0 Å². The maximum atomic E-state index is 13.5. The van der Waals surface area contributed by atoms with Gasteiger partial charge in [-0.1, -0.05) is 11.6 Å². The molecule has 0 bridgehead atoms. The van der Waals surface area contributed by atoms with Crippen molar-refractivity contribution in [1.82, 2.24) is 15.0 Å². The predicted octanol–water partition coefficient (Wildman–Crippen LogP) is 7.83. The number of benzene rings is 2. The van der Waals surface area contributed by atoms with Crippen molar-refractivity contribution in [1.29, 1.82) is 0 Å². The van der Waals surface area contributed by atoms with Crippen LogP contribution in [0, 0.1) is 0 Å². The van der Waals surface area contributed by atoms with Crippen LogP contribution in [0.15, 0.2) is 60.9 Å². The SMILES string of the molecule is COC(=O)Nc1ccc(-c2ncc(C3(O)CCc4cc(-c5cc(Cl)ccc5N(C(=O)OC(C)(C)C)C(=O)OC(C)(C)C)cnc43)[nH]2)cc1. The standard InChI is InChI=1S/C35H38ClN5O7/c1-33(2,3)47-31(43)41(32(44)48-34(4,5)6)26-13-10-23(36)17-25(26)22-16-21-14-15-35(45,28(21)37-18-22)27-19-38-29(40-27)20-8-11-24(12-9-20)39-30(42)46-7/h8-13,16-19,45H,14-15H2,1-7H3,(H,38,40)(H,39,42). The van der Waals surface area contributed by atoms with Crippen LogP contribution in [0.5, 0.6) is 0 Å². The van der Waals surface area contributed by atoms with Crippen molar-refractivity contribution < 1.29 is 33.7 Å². The third-order valence-electron chi connectivity index (χ3n) is 7.39. The van der Waals surface area contributed by atoms with Gasteiger partial charge < -0.3 is 24.3 Å². The summed E-state index contributed by atoms with van der Waals surface area (Å²) < 4.78 is 15.8. The summed E-state index contributed by atoms with van der Waals surface area (Å²) in [6.07, 6.45) is 1.59. The Kier molecular flexibility index (Phi) is 9.26. The molecule has 0 aliphatic heterocycles. The molecule has 1 aliphatic carbocycles. The molecule has 0 radical (unpaired) electrons. The zero-order valence-electron chi connectivity index (χ0n) is 27.8. The average Bonchev–Trinajstić information content (AvgIpc) is 3.62. The molecule has 1 atom stereocenters. The molecule has 13 heteroatoms. The molecule has 2 aromatic heterocycles. The van der Waals surface area contributed by atoms with E-state index in [1.54, 1.807) is 96.4 Å². The van der Waals surface area contributed by atoms with Gasteiger partial charge in [0.2, 0.25) is 0 Å². The van der Waals surface area contributed by atoms with Gasteiger partial charge in [-0.05, 0) is 108 Å². The molecule has 48 heavy (non-hydrogen) atoms. The fourth-order valence-corrected chi connectivity index (χ4v) is 5.47. The zero-order valence-corrected chi connectivity index (χ0v) is 28.6. The number of fused-ring (bicyclic) bond motifs is 1. The van der Waals surface area contributed by atoms with Crippen molar-refractivity contribution in [2.75, 3.05) is 17.3 Å². The first-order valence-corrected chi connectivity index (χ1v) is 15.6. The maximum Gasteiger partial charge on any atom is 0.424 e. The second kappa shape index (κ2) is 12.9. The van der Waals surface area contributed by atoms with E-state index >= 15 is 0 Å². The summed E-state index contributed by atoms with van der Waals surface area (Å²) in [5, 5.41) is 14.9. The van der Waals surface area contributed by atoms with E-state index in [-0.39, 0.29) is 5.69 Å². The Hall–Kier alpha value is -4.94. The second-order valence-corrected chi connectivity index (χ2v) is 13.8. The van der Waals surface area contributed by atoms with E-state index in [1.807, 2.05) is 6.07 Å². The number of aryl methyl sites for hydroxylation is 1. The number of imidazole rings is 1. The molecule has 1 unspecified atom stereocenters. The summed E-state index contributed by atoms with van der Waals surface area (Å²) in [4.78, 5) is 51.7. The number of pyridine rings is 1. The highest BCUT2D eigenvalue weighted by atomic mass is 35.5. The van der Waals surface area contributed by atoms with Crippen LogP contribution in [0.2, 0.25) is 5.02 Å². The third-order valence-corrected chi connectivity index (χ3v) is 7.62. The number of nitrogens with zero attached hydrogens (tertiary/aromatic N) is 3. The minimum Gasteiger partial charge on any atom is -0.453 e. The smallest absolute Gasteiger partial charge is 0.424 e. The van der Waals surface area contributed by atoms with Gasteiger partial charge in [-0.15, -0.1) is 0 Å². The zero-order chi connectivity index (χ0) is 35.0. The monoisotopic (exact) mass is 675 g/mol. The molecule has 5 rings (SSSR count). The lowest BCUT2D eigenvalue weighted by Crippen LogP contribution is -2.44. The summed E-state index contributed by atoms with van der Waals surface area (Å²) in [5.74, 6) is 0.529. The number of hydrogen-bond donors (Lipinski definition) is 3. The average molecular weight is 676 g/mol. The lowest BCUT2D eigenvalue weighted by molar-refractivity contribution is 0.0430. The molecule has 0 spiro atoms. The molecule has 3 amide bonds. The van der Waals surface area contributed by atoms with Crippen molar-refractivity contribution in [2.45, 2.75) is 71.2 Å². The number of methoxy groups -OCH3 is 1. The van der Waals surface area contributed by atoms with Crippen molar-refractivity contribution in [3.05, 3.63) is 82.9 Å². The Labute approximate surface area is 283 Å². The van der Waals surface area contributed by atoms with Gasteiger partial charge in [0.05, 0.1) is 30.4 Å². The largest absolute Gasteiger partial charge is 0.453 e. The Morgan fingerprint density at radius 2 is 1.56 bits per heavy atom. The van der Waals surface area contributed by atoms with Gasteiger partial charge in [0.1, 0.15) is 22.6 Å². The van der Waals surface area contributed by atoms with E-state index in [9.17, 15) is 19.5 Å². The Bertz CT molecular complexity index is 1830. The van der Waals surface area contributed by atoms with Crippen molar-refractivity contribution in [3.8, 4) is 22.5 Å². The number of nitrogens with one attached hydrogen (secondary N) is 2. The molecule has 3 N–H and O–H groups in total. The molecule has 2 heterocycles. The van der Waals surface area contributed by atoms with E-state index in [4.69, 9.17) is 21.1 Å². The number of carbonyl (C=O) groups excluding carboxylic acids is 3. The van der Waals surface area contributed by atoms with Gasteiger partial charge in [-0.3, -0.25) is 10.3 Å². The van der Waals surface area contributed by atoms with Crippen LogP contribution in [0.4, 0.5) is 25.8 Å². The topological polar surface area (TPSA) is 156 Å². The summed E-state index contributed by atoms with van der Waals surface area (Å²) in [6.45, 7) is 10.2. The summed E-state index contributed by atoms with van der Waals surface area (Å²) >= 11 is 6.43. The van der Waals surface area contributed by atoms with Crippen LogP contribution in [0.1, 0.15) is 64.9 Å². The summed E-state index contributed by atoms with van der Waals surface area (Å²) in [7, 11) is 1.29. The number of halogens is 1. The number of amides is 3. The number of imide groups is 1. The highest BCUT2D eigenvalue weighted by molar-refractivity contribution is 6.31. The highest BCUT2D eigenvalue weighted by Gasteiger charge is 2.42. The number of anilines is 2. The normalized spacial score (nSPS) is 15.8. The minimum atomic E-state index is -1.44. The number of aromatic amines is 1. The fraction of sp³-hybridized carbons (Fsp3) is 0.343. The van der Waals surface area contributed by atoms with Gasteiger partial charge in [-0.25, -0.2) is 19.4 Å². The lowest BCUT2D eigenvalue weighted by atomic mass is 9.96. The lowest BCUT2D eigenvalue weighted by Gasteiger charge is -2.29. The Balaban J connectivity index is 1.48. The quantitative estimate of drug-likeness (QED) is 0.179. The molecule has 1 aliphatic rings. The molecule has 2 aromatic carbocycles. The fourth-order valence-electron chi connectivity index (χ4n) is 5.30. The third kappa shape index (κ3) is 7.45. The van der Waals surface area contributed by atoms with Crippen LogP contribution in [0.3, 0.4) is 0 Å². The second-order valence-electron chi connectivity index (χ2n) is 13.4. The first kappa shape index (κ1) is 34.4. The van der Waals surface area contributed by atoms with E-state index < -0.39 is 35.1 Å². The Morgan fingerprint density at radius 3 is 2.17 bits per heavy atom. The molecular formula is C35H38ClN5O7. The van der Waals surface area contributed by atoms with Crippen LogP contribution < -0.4 is 10.2 Å². The number of hydrogen-bond acceptors (Lipinski definition) is 9. The predicted molar refractivity (Wildman–Crippen MR) is 181 cm³/mol. The van der Waals surface area contributed by atoms with Crippen molar-refractivity contribution >= 4 is 41.3 Å². The molecule has 12 nitrogen and oxygen atoms in total. The van der Waals surface area contributed by atoms with Crippen LogP contribution in [-0.2, 0) is 26.2 Å². The molecule has 0 fully saturated rings. The molecule has 0 saturated carbocycles. The first-order chi connectivity index (χ1) is 22.5. The van der Waals surface area contributed by atoms with Gasteiger partial charge in [0.15, 0.2) is 0 Å². The van der Waals surface area contributed by atoms with Gasteiger partial charge in [0.25, 0.3) is 0 Å². The maximum absolute atomic E-state index is 13.5. The van der Waals surface area contributed by atoms with Crippen LogP contribution in [-0.4, -0.2) is 56.7 Å². The van der Waals surface area contributed by atoms with Gasteiger partial charge in [0, 0.05) is 33.6 Å². The molecule has 252 valence electrons. The van der Waals surface area contributed by atoms with Gasteiger partial charge >= 0.3 is 18.3 Å². The van der Waals surface area contributed by atoms with E-state index in [1.165, 1.54) is 7.11 Å². The first-order valence-electron chi connectivity index (χ1n) is 15.3. The number of aromatic nitrogens is 3.